The molecule has 2 rings (SSSR count). The molecule has 0 bridgehead atoms. The molecule has 2 fully saturated rings. The van der Waals surface area contributed by atoms with Crippen LogP contribution in [0.2, 0.25) is 0 Å². The van der Waals surface area contributed by atoms with E-state index in [0.717, 1.165) is 19.3 Å². The van der Waals surface area contributed by atoms with Crippen LogP contribution in [0.25, 0.3) is 0 Å². The number of amides is 1. The van der Waals surface area contributed by atoms with Crippen molar-refractivity contribution < 1.29 is 14.7 Å². The van der Waals surface area contributed by atoms with E-state index in [1.54, 1.807) is 0 Å². The van der Waals surface area contributed by atoms with Crippen LogP contribution in [0, 0.1) is 11.3 Å². The molecular weight excluding hydrogens is 242 g/mol. The van der Waals surface area contributed by atoms with Crippen molar-refractivity contribution in [3.63, 3.8) is 0 Å². The van der Waals surface area contributed by atoms with E-state index in [1.807, 2.05) is 6.92 Å². The highest BCUT2D eigenvalue weighted by atomic mass is 16.4. The summed E-state index contributed by atoms with van der Waals surface area (Å²) in [6, 6.07) is 0.190. The molecule has 1 unspecified atom stereocenters. The molecule has 1 amide bonds. The molecule has 0 aromatic rings. The molecule has 0 saturated heterocycles. The Labute approximate surface area is 115 Å². The number of carbonyl (C=O) groups excluding carboxylic acids is 1. The second kappa shape index (κ2) is 5.93. The van der Waals surface area contributed by atoms with E-state index in [9.17, 15) is 14.7 Å². The predicted octanol–water partition coefficient (Wildman–Crippen LogP) is 2.72. The Kier molecular flexibility index (Phi) is 4.48. The van der Waals surface area contributed by atoms with Crippen LogP contribution in [0.1, 0.15) is 64.7 Å². The molecule has 4 heteroatoms. The second-order valence-corrected chi connectivity index (χ2v) is 6.37. The van der Waals surface area contributed by atoms with Crippen LogP contribution < -0.4 is 5.32 Å². The molecule has 19 heavy (non-hydrogen) atoms. The Morgan fingerprint density at radius 1 is 1.21 bits per heavy atom. The molecule has 0 spiro atoms. The normalized spacial score (nSPS) is 24.3. The number of aliphatic carboxylic acids is 1. The van der Waals surface area contributed by atoms with Gasteiger partial charge in [-0.3, -0.25) is 9.59 Å². The fourth-order valence-electron chi connectivity index (χ4n) is 3.36. The quantitative estimate of drug-likeness (QED) is 0.805. The molecule has 0 aliphatic heterocycles. The summed E-state index contributed by atoms with van der Waals surface area (Å²) in [5, 5.41) is 12.5. The van der Waals surface area contributed by atoms with Crippen LogP contribution in [-0.4, -0.2) is 23.0 Å². The topological polar surface area (TPSA) is 66.4 Å². The van der Waals surface area contributed by atoms with Gasteiger partial charge in [0.05, 0.1) is 5.41 Å². The van der Waals surface area contributed by atoms with E-state index in [0.29, 0.717) is 18.8 Å². The molecule has 2 aliphatic carbocycles. The molecule has 0 radical (unpaired) electrons. The Morgan fingerprint density at radius 3 is 2.32 bits per heavy atom. The summed E-state index contributed by atoms with van der Waals surface area (Å²) in [5.41, 5.74) is -0.804. The smallest absolute Gasteiger partial charge is 0.310 e. The molecule has 0 aromatic carbocycles. The number of carboxylic acids is 1. The van der Waals surface area contributed by atoms with Gasteiger partial charge < -0.3 is 10.4 Å². The SMILES string of the molecule is CC(NC(=O)CC1(C(=O)O)CCCCC1)C1CCC1. The van der Waals surface area contributed by atoms with Crippen molar-refractivity contribution in [2.75, 3.05) is 0 Å². The standard InChI is InChI=1S/C15H25NO3/c1-11(12-6-5-7-12)16-13(17)10-15(14(18)19)8-3-2-4-9-15/h11-12H,2-10H2,1H3,(H,16,17)(H,18,19). The molecule has 2 N–H and O–H groups in total. The van der Waals surface area contributed by atoms with Crippen molar-refractivity contribution in [3.05, 3.63) is 0 Å². The van der Waals surface area contributed by atoms with Gasteiger partial charge in [-0.15, -0.1) is 0 Å². The lowest BCUT2D eigenvalue weighted by Crippen LogP contribution is -2.44. The lowest BCUT2D eigenvalue weighted by molar-refractivity contribution is -0.154. The van der Waals surface area contributed by atoms with E-state index in [4.69, 9.17) is 0 Å². The summed E-state index contributed by atoms with van der Waals surface area (Å²) in [6.07, 6.45) is 8.02. The molecular formula is C15H25NO3. The summed E-state index contributed by atoms with van der Waals surface area (Å²) in [4.78, 5) is 23.6. The van der Waals surface area contributed by atoms with Crippen LogP contribution in [0.3, 0.4) is 0 Å². The predicted molar refractivity (Wildman–Crippen MR) is 72.7 cm³/mol. The fraction of sp³-hybridized carbons (Fsp3) is 0.867. The van der Waals surface area contributed by atoms with Crippen LogP contribution in [0.5, 0.6) is 0 Å². The van der Waals surface area contributed by atoms with Gasteiger partial charge in [-0.1, -0.05) is 25.7 Å². The van der Waals surface area contributed by atoms with Crippen LogP contribution >= 0.6 is 0 Å². The summed E-state index contributed by atoms with van der Waals surface area (Å²) in [5.74, 6) is -0.279. The average molecular weight is 267 g/mol. The van der Waals surface area contributed by atoms with Gasteiger partial charge in [0.15, 0.2) is 0 Å². The molecule has 0 heterocycles. The minimum atomic E-state index is -0.804. The van der Waals surface area contributed by atoms with Crippen LogP contribution in [0.15, 0.2) is 0 Å². The zero-order chi connectivity index (χ0) is 13.9. The highest BCUT2D eigenvalue weighted by Crippen LogP contribution is 2.39. The number of hydrogen-bond acceptors (Lipinski definition) is 2. The zero-order valence-corrected chi connectivity index (χ0v) is 11.8. The molecule has 0 aromatic heterocycles. The van der Waals surface area contributed by atoms with Crippen molar-refractivity contribution in [2.24, 2.45) is 11.3 Å². The first-order valence-corrected chi connectivity index (χ1v) is 7.56. The van der Waals surface area contributed by atoms with E-state index >= 15 is 0 Å². The number of rotatable bonds is 5. The molecule has 2 aliphatic rings. The van der Waals surface area contributed by atoms with Gasteiger partial charge in [-0.25, -0.2) is 0 Å². The van der Waals surface area contributed by atoms with Gasteiger partial charge in [0.1, 0.15) is 0 Å². The van der Waals surface area contributed by atoms with Crippen molar-refractivity contribution in [2.45, 2.75) is 70.8 Å². The fourth-order valence-corrected chi connectivity index (χ4v) is 3.36. The maximum absolute atomic E-state index is 12.1. The number of nitrogens with one attached hydrogen (secondary N) is 1. The van der Waals surface area contributed by atoms with Crippen molar-refractivity contribution in [1.29, 1.82) is 0 Å². The van der Waals surface area contributed by atoms with Crippen LogP contribution in [-0.2, 0) is 9.59 Å². The van der Waals surface area contributed by atoms with Crippen LogP contribution in [0.4, 0.5) is 0 Å². The third kappa shape index (κ3) is 3.28. The minimum Gasteiger partial charge on any atom is -0.481 e. The number of carboxylic acid groups (broad SMARTS) is 1. The largest absolute Gasteiger partial charge is 0.481 e. The summed E-state index contributed by atoms with van der Waals surface area (Å²) < 4.78 is 0. The van der Waals surface area contributed by atoms with Crippen molar-refractivity contribution >= 4 is 11.9 Å². The number of carbonyl (C=O) groups is 2. The third-order valence-corrected chi connectivity index (χ3v) is 5.01. The van der Waals surface area contributed by atoms with Gasteiger partial charge in [-0.05, 0) is 38.5 Å². The third-order valence-electron chi connectivity index (χ3n) is 5.01. The Morgan fingerprint density at radius 2 is 1.84 bits per heavy atom. The molecule has 108 valence electrons. The lowest BCUT2D eigenvalue weighted by atomic mass is 9.71. The van der Waals surface area contributed by atoms with Gasteiger partial charge in [0.25, 0.3) is 0 Å². The minimum absolute atomic E-state index is 0.0799. The van der Waals surface area contributed by atoms with Gasteiger partial charge in [0.2, 0.25) is 5.91 Å². The van der Waals surface area contributed by atoms with Gasteiger partial charge in [-0.2, -0.15) is 0 Å². The first-order valence-electron chi connectivity index (χ1n) is 7.56. The average Bonchev–Trinajstić information content (AvgIpc) is 2.26. The van der Waals surface area contributed by atoms with Crippen molar-refractivity contribution in [1.82, 2.24) is 5.32 Å². The second-order valence-electron chi connectivity index (χ2n) is 6.37. The van der Waals surface area contributed by atoms with Gasteiger partial charge >= 0.3 is 5.97 Å². The Hall–Kier alpha value is -1.06. The lowest BCUT2D eigenvalue weighted by Gasteiger charge is -2.35. The Balaban J connectivity index is 1.89. The number of hydrogen-bond donors (Lipinski definition) is 2. The van der Waals surface area contributed by atoms with E-state index < -0.39 is 11.4 Å². The monoisotopic (exact) mass is 267 g/mol. The summed E-state index contributed by atoms with van der Waals surface area (Å²) in [7, 11) is 0. The highest BCUT2D eigenvalue weighted by Gasteiger charge is 2.41. The molecule has 2 saturated carbocycles. The van der Waals surface area contributed by atoms with E-state index in [-0.39, 0.29) is 18.4 Å². The molecule has 1 atom stereocenters. The summed E-state index contributed by atoms with van der Waals surface area (Å²) >= 11 is 0. The van der Waals surface area contributed by atoms with E-state index in [1.165, 1.54) is 19.3 Å². The maximum atomic E-state index is 12.1. The zero-order valence-electron chi connectivity index (χ0n) is 11.8. The maximum Gasteiger partial charge on any atom is 0.310 e. The summed E-state index contributed by atoms with van der Waals surface area (Å²) in [6.45, 7) is 2.04. The van der Waals surface area contributed by atoms with Crippen molar-refractivity contribution in [3.8, 4) is 0 Å². The van der Waals surface area contributed by atoms with Gasteiger partial charge in [0, 0.05) is 12.5 Å². The highest BCUT2D eigenvalue weighted by molar-refractivity contribution is 5.85. The Bertz CT molecular complexity index is 343. The molecule has 4 nitrogen and oxygen atoms in total. The first kappa shape index (κ1) is 14.4. The first-order chi connectivity index (χ1) is 9.03. The van der Waals surface area contributed by atoms with E-state index in [2.05, 4.69) is 5.32 Å².